The minimum atomic E-state index is -0.254. The number of anilines is 2. The lowest BCUT2D eigenvalue weighted by atomic mass is 10.2. The Morgan fingerprint density at radius 3 is 2.86 bits per heavy atom. The number of halogens is 1. The number of benzene rings is 2. The number of fused-ring (bicyclic) bond motifs is 1. The third-order valence-electron chi connectivity index (χ3n) is 3.02. The molecule has 3 N–H and O–H groups in total. The normalized spacial score (nSPS) is 10.8. The molecular weight excluding hydrogens is 350 g/mol. The highest BCUT2D eigenvalue weighted by atomic mass is 79.9. The molecule has 0 aliphatic rings. The van der Waals surface area contributed by atoms with Gasteiger partial charge in [0.2, 0.25) is 0 Å². The summed E-state index contributed by atoms with van der Waals surface area (Å²) in [5.74, 6) is -0.254. The molecule has 0 atom stereocenters. The van der Waals surface area contributed by atoms with Crippen LogP contribution >= 0.6 is 27.3 Å². The van der Waals surface area contributed by atoms with E-state index in [-0.39, 0.29) is 5.91 Å². The Hall–Kier alpha value is -1.92. The summed E-state index contributed by atoms with van der Waals surface area (Å²) in [7, 11) is 0. The van der Waals surface area contributed by atoms with Crippen molar-refractivity contribution in [3.63, 3.8) is 0 Å². The van der Waals surface area contributed by atoms with E-state index < -0.39 is 0 Å². The van der Waals surface area contributed by atoms with Crippen molar-refractivity contribution in [3.05, 3.63) is 52.0 Å². The van der Waals surface area contributed by atoms with Gasteiger partial charge in [-0.25, -0.2) is 4.98 Å². The third kappa shape index (κ3) is 2.91. The standard InChI is InChI=1S/C15H12BrN3OS/c1-8-2-5-12-13(6-8)21-15(18-12)19-14(20)10-4-3-9(16)7-11(10)17/h2-7H,17H2,1H3,(H,18,19,20). The molecule has 4 nitrogen and oxygen atoms in total. The number of nitrogen functional groups attached to an aromatic ring is 1. The molecule has 0 spiro atoms. The molecule has 3 aromatic rings. The maximum absolute atomic E-state index is 12.3. The van der Waals surface area contributed by atoms with Crippen LogP contribution in [0.2, 0.25) is 0 Å². The van der Waals surface area contributed by atoms with Crippen molar-refractivity contribution in [2.45, 2.75) is 6.92 Å². The molecule has 6 heteroatoms. The summed E-state index contributed by atoms with van der Waals surface area (Å²) in [6, 6.07) is 11.2. The zero-order chi connectivity index (χ0) is 15.0. The summed E-state index contributed by atoms with van der Waals surface area (Å²) >= 11 is 4.77. The van der Waals surface area contributed by atoms with Crippen molar-refractivity contribution in [1.82, 2.24) is 4.98 Å². The van der Waals surface area contributed by atoms with Gasteiger partial charge in [-0.15, -0.1) is 0 Å². The van der Waals surface area contributed by atoms with Crippen molar-refractivity contribution in [2.24, 2.45) is 0 Å². The lowest BCUT2D eigenvalue weighted by Gasteiger charge is -2.05. The Kier molecular flexibility index (Phi) is 3.65. The van der Waals surface area contributed by atoms with E-state index in [2.05, 4.69) is 32.3 Å². The first kappa shape index (κ1) is 14.0. The Morgan fingerprint density at radius 1 is 1.29 bits per heavy atom. The average Bonchev–Trinajstić information content (AvgIpc) is 2.79. The van der Waals surface area contributed by atoms with Gasteiger partial charge in [-0.3, -0.25) is 10.1 Å². The molecule has 106 valence electrons. The zero-order valence-electron chi connectivity index (χ0n) is 11.2. The molecule has 2 aromatic carbocycles. The summed E-state index contributed by atoms with van der Waals surface area (Å²) in [5, 5.41) is 3.37. The molecule has 0 saturated heterocycles. The zero-order valence-corrected chi connectivity index (χ0v) is 13.6. The number of nitrogens with one attached hydrogen (secondary N) is 1. The molecule has 1 aromatic heterocycles. The van der Waals surface area contributed by atoms with Crippen LogP contribution in [-0.4, -0.2) is 10.9 Å². The monoisotopic (exact) mass is 361 g/mol. The molecule has 0 aliphatic heterocycles. The first-order valence-corrected chi connectivity index (χ1v) is 7.87. The Balaban J connectivity index is 1.89. The summed E-state index contributed by atoms with van der Waals surface area (Å²) in [4.78, 5) is 16.7. The van der Waals surface area contributed by atoms with Gasteiger partial charge in [0.25, 0.3) is 5.91 Å². The number of thiazole rings is 1. The summed E-state index contributed by atoms with van der Waals surface area (Å²) < 4.78 is 1.89. The maximum atomic E-state index is 12.3. The van der Waals surface area contributed by atoms with E-state index in [4.69, 9.17) is 5.73 Å². The molecule has 1 amide bonds. The Bertz CT molecular complexity index is 844. The van der Waals surface area contributed by atoms with E-state index in [0.717, 1.165) is 14.7 Å². The lowest BCUT2D eigenvalue weighted by Crippen LogP contribution is -2.13. The molecule has 0 fully saturated rings. The number of nitrogens with zero attached hydrogens (tertiary/aromatic N) is 1. The van der Waals surface area contributed by atoms with Crippen LogP contribution in [0.15, 0.2) is 40.9 Å². The highest BCUT2D eigenvalue weighted by Crippen LogP contribution is 2.27. The summed E-state index contributed by atoms with van der Waals surface area (Å²) in [6.07, 6.45) is 0. The van der Waals surface area contributed by atoms with Crippen LogP contribution < -0.4 is 11.1 Å². The van der Waals surface area contributed by atoms with Gasteiger partial charge in [0.1, 0.15) is 0 Å². The van der Waals surface area contributed by atoms with E-state index in [1.165, 1.54) is 16.9 Å². The largest absolute Gasteiger partial charge is 0.398 e. The number of aryl methyl sites for hydroxylation is 1. The predicted octanol–water partition coefficient (Wildman–Crippen LogP) is 4.20. The van der Waals surface area contributed by atoms with Crippen molar-refractivity contribution in [1.29, 1.82) is 0 Å². The summed E-state index contributed by atoms with van der Waals surface area (Å²) in [6.45, 7) is 2.03. The van der Waals surface area contributed by atoms with E-state index in [0.29, 0.717) is 16.4 Å². The molecule has 0 unspecified atom stereocenters. The van der Waals surface area contributed by atoms with Crippen molar-refractivity contribution in [3.8, 4) is 0 Å². The molecule has 0 radical (unpaired) electrons. The van der Waals surface area contributed by atoms with Crippen molar-refractivity contribution >= 4 is 54.2 Å². The molecule has 21 heavy (non-hydrogen) atoms. The number of carbonyl (C=O) groups excluding carboxylic acids is 1. The van der Waals surface area contributed by atoms with Gasteiger partial charge in [0.05, 0.1) is 15.8 Å². The number of amides is 1. The lowest BCUT2D eigenvalue weighted by molar-refractivity contribution is 0.102. The van der Waals surface area contributed by atoms with Gasteiger partial charge in [-0.05, 0) is 42.8 Å². The number of nitrogens with two attached hydrogens (primary N) is 1. The first-order chi connectivity index (χ1) is 10.0. The first-order valence-electron chi connectivity index (χ1n) is 6.26. The van der Waals surface area contributed by atoms with E-state index in [1.807, 2.05) is 19.1 Å². The fourth-order valence-corrected chi connectivity index (χ4v) is 3.33. The molecule has 1 heterocycles. The molecule has 0 bridgehead atoms. The number of carbonyl (C=O) groups is 1. The fraction of sp³-hybridized carbons (Fsp3) is 0.0667. The SMILES string of the molecule is Cc1ccc2nc(NC(=O)c3ccc(Br)cc3N)sc2c1. The minimum Gasteiger partial charge on any atom is -0.398 e. The van der Waals surface area contributed by atoms with Crippen molar-refractivity contribution in [2.75, 3.05) is 11.1 Å². The number of rotatable bonds is 2. The number of hydrogen-bond donors (Lipinski definition) is 2. The van der Waals surface area contributed by atoms with Gasteiger partial charge in [0.15, 0.2) is 5.13 Å². The van der Waals surface area contributed by atoms with Crippen LogP contribution in [0, 0.1) is 6.92 Å². The Morgan fingerprint density at radius 2 is 2.10 bits per heavy atom. The van der Waals surface area contributed by atoms with E-state index in [9.17, 15) is 4.79 Å². The summed E-state index contributed by atoms with van der Waals surface area (Å²) in [5.41, 5.74) is 8.78. The second-order valence-electron chi connectivity index (χ2n) is 4.68. The van der Waals surface area contributed by atoms with Crippen LogP contribution in [0.5, 0.6) is 0 Å². The average molecular weight is 362 g/mol. The van der Waals surface area contributed by atoms with Crippen LogP contribution in [-0.2, 0) is 0 Å². The number of hydrogen-bond acceptors (Lipinski definition) is 4. The predicted molar refractivity (Wildman–Crippen MR) is 90.9 cm³/mol. The smallest absolute Gasteiger partial charge is 0.259 e. The van der Waals surface area contributed by atoms with Crippen LogP contribution in [0.4, 0.5) is 10.8 Å². The number of aromatic nitrogens is 1. The third-order valence-corrected chi connectivity index (χ3v) is 4.45. The topological polar surface area (TPSA) is 68.0 Å². The van der Waals surface area contributed by atoms with Crippen LogP contribution in [0.3, 0.4) is 0 Å². The van der Waals surface area contributed by atoms with Crippen molar-refractivity contribution < 1.29 is 4.79 Å². The quantitative estimate of drug-likeness (QED) is 0.672. The molecular formula is C15H12BrN3OS. The van der Waals surface area contributed by atoms with Crippen LogP contribution in [0.25, 0.3) is 10.2 Å². The molecule has 0 aliphatic carbocycles. The van der Waals surface area contributed by atoms with Gasteiger partial charge < -0.3 is 5.73 Å². The highest BCUT2D eigenvalue weighted by Gasteiger charge is 2.12. The maximum Gasteiger partial charge on any atom is 0.259 e. The Labute approximate surface area is 134 Å². The second-order valence-corrected chi connectivity index (χ2v) is 6.62. The van der Waals surface area contributed by atoms with Gasteiger partial charge in [0, 0.05) is 10.2 Å². The molecule has 0 saturated carbocycles. The van der Waals surface area contributed by atoms with Gasteiger partial charge in [-0.2, -0.15) is 0 Å². The second kappa shape index (κ2) is 5.46. The molecule has 3 rings (SSSR count). The highest BCUT2D eigenvalue weighted by molar-refractivity contribution is 9.10. The fourth-order valence-electron chi connectivity index (χ4n) is 1.99. The van der Waals surface area contributed by atoms with Crippen LogP contribution in [0.1, 0.15) is 15.9 Å². The van der Waals surface area contributed by atoms with E-state index >= 15 is 0 Å². The van der Waals surface area contributed by atoms with Gasteiger partial charge >= 0.3 is 0 Å². The minimum absolute atomic E-state index is 0.254. The van der Waals surface area contributed by atoms with E-state index in [1.54, 1.807) is 18.2 Å². The van der Waals surface area contributed by atoms with Gasteiger partial charge in [-0.1, -0.05) is 33.3 Å².